The van der Waals surface area contributed by atoms with Gasteiger partial charge in [-0.1, -0.05) is 12.2 Å². The van der Waals surface area contributed by atoms with Crippen LogP contribution >= 0.6 is 12.2 Å². The minimum Gasteiger partial charge on any atom is -0.449 e. The van der Waals surface area contributed by atoms with Crippen molar-refractivity contribution in [2.45, 2.75) is 25.8 Å². The SMILES string of the molecule is CCOC(=O)NS(=O)(=O)NC(C(N)=S)C1CC1. The summed E-state index contributed by atoms with van der Waals surface area (Å²) in [5.41, 5.74) is 5.43. The van der Waals surface area contributed by atoms with Gasteiger partial charge in [-0.2, -0.15) is 13.1 Å². The van der Waals surface area contributed by atoms with Gasteiger partial charge in [0.1, 0.15) is 0 Å². The van der Waals surface area contributed by atoms with Crippen LogP contribution in [0.5, 0.6) is 0 Å². The molecule has 98 valence electrons. The van der Waals surface area contributed by atoms with Crippen molar-refractivity contribution >= 4 is 33.5 Å². The third-order valence-electron chi connectivity index (χ3n) is 2.18. The van der Waals surface area contributed by atoms with Gasteiger partial charge in [-0.3, -0.25) is 0 Å². The Hall–Kier alpha value is -0.930. The molecule has 1 amide bonds. The number of nitrogens with two attached hydrogens (primary N) is 1. The minimum atomic E-state index is -3.99. The van der Waals surface area contributed by atoms with Crippen LogP contribution in [0.4, 0.5) is 4.79 Å². The highest BCUT2D eigenvalue weighted by Gasteiger charge is 2.36. The zero-order valence-electron chi connectivity index (χ0n) is 9.30. The first-order valence-corrected chi connectivity index (χ1v) is 7.01. The molecule has 1 rings (SSSR count). The fourth-order valence-corrected chi connectivity index (χ4v) is 2.60. The molecule has 0 aromatic heterocycles. The molecular formula is C8H15N3O4S2. The van der Waals surface area contributed by atoms with Gasteiger partial charge in [0.25, 0.3) is 0 Å². The molecule has 1 saturated carbocycles. The van der Waals surface area contributed by atoms with E-state index in [0.29, 0.717) is 0 Å². The maximum absolute atomic E-state index is 11.5. The Morgan fingerprint density at radius 1 is 1.59 bits per heavy atom. The van der Waals surface area contributed by atoms with Crippen molar-refractivity contribution in [1.29, 1.82) is 0 Å². The maximum Gasteiger partial charge on any atom is 0.421 e. The van der Waals surface area contributed by atoms with Crippen LogP contribution in [-0.2, 0) is 14.9 Å². The van der Waals surface area contributed by atoms with Crippen LogP contribution in [0.15, 0.2) is 0 Å². The first-order valence-electron chi connectivity index (χ1n) is 5.12. The molecule has 0 radical (unpaired) electrons. The van der Waals surface area contributed by atoms with Crippen LogP contribution in [0.2, 0.25) is 0 Å². The smallest absolute Gasteiger partial charge is 0.421 e. The van der Waals surface area contributed by atoms with Crippen molar-refractivity contribution in [3.8, 4) is 0 Å². The van der Waals surface area contributed by atoms with Crippen LogP contribution in [0.1, 0.15) is 19.8 Å². The minimum absolute atomic E-state index is 0.0710. The molecule has 1 atom stereocenters. The van der Waals surface area contributed by atoms with Gasteiger partial charge in [0.05, 0.1) is 17.6 Å². The summed E-state index contributed by atoms with van der Waals surface area (Å²) in [4.78, 5) is 11.0. The molecule has 1 unspecified atom stereocenters. The first-order chi connectivity index (χ1) is 7.85. The molecule has 0 heterocycles. The van der Waals surface area contributed by atoms with Crippen molar-refractivity contribution in [1.82, 2.24) is 9.44 Å². The average molecular weight is 281 g/mol. The monoisotopic (exact) mass is 281 g/mol. The van der Waals surface area contributed by atoms with Crippen molar-refractivity contribution < 1.29 is 17.9 Å². The third-order valence-corrected chi connectivity index (χ3v) is 3.43. The van der Waals surface area contributed by atoms with E-state index in [0.717, 1.165) is 12.8 Å². The molecule has 1 aliphatic rings. The number of ether oxygens (including phenoxy) is 1. The van der Waals surface area contributed by atoms with E-state index >= 15 is 0 Å². The topological polar surface area (TPSA) is 111 Å². The van der Waals surface area contributed by atoms with Crippen molar-refractivity contribution in [3.63, 3.8) is 0 Å². The summed E-state index contributed by atoms with van der Waals surface area (Å²) in [6, 6.07) is -0.614. The van der Waals surface area contributed by atoms with Gasteiger partial charge in [-0.25, -0.2) is 9.52 Å². The largest absolute Gasteiger partial charge is 0.449 e. The van der Waals surface area contributed by atoms with Crippen LogP contribution in [-0.4, -0.2) is 32.1 Å². The van der Waals surface area contributed by atoms with E-state index in [4.69, 9.17) is 18.0 Å². The Morgan fingerprint density at radius 2 is 2.18 bits per heavy atom. The summed E-state index contributed by atoms with van der Waals surface area (Å²) in [7, 11) is -3.99. The molecule has 1 aliphatic carbocycles. The summed E-state index contributed by atoms with van der Waals surface area (Å²) < 4.78 is 31.5. The number of nitrogens with one attached hydrogen (secondary N) is 2. The highest BCUT2D eigenvalue weighted by molar-refractivity contribution is 7.88. The summed E-state index contributed by atoms with van der Waals surface area (Å²) in [5.74, 6) is 0.117. The Labute approximate surface area is 105 Å². The molecule has 9 heteroatoms. The lowest BCUT2D eigenvalue weighted by Gasteiger charge is -2.16. The van der Waals surface area contributed by atoms with Gasteiger partial charge >= 0.3 is 16.3 Å². The second kappa shape index (κ2) is 5.61. The quantitative estimate of drug-likeness (QED) is 0.573. The van der Waals surface area contributed by atoms with E-state index < -0.39 is 22.3 Å². The van der Waals surface area contributed by atoms with Gasteiger partial charge < -0.3 is 10.5 Å². The summed E-state index contributed by atoms with van der Waals surface area (Å²) >= 11 is 4.77. The maximum atomic E-state index is 11.5. The molecule has 0 aliphatic heterocycles. The predicted molar refractivity (Wildman–Crippen MR) is 65.5 cm³/mol. The fourth-order valence-electron chi connectivity index (χ4n) is 1.28. The van der Waals surface area contributed by atoms with Gasteiger partial charge in [0.2, 0.25) is 0 Å². The summed E-state index contributed by atoms with van der Waals surface area (Å²) in [6.07, 6.45) is 0.700. The molecule has 0 aromatic rings. The van der Waals surface area contributed by atoms with Crippen LogP contribution in [0.3, 0.4) is 0 Å². The molecule has 7 nitrogen and oxygen atoms in total. The normalized spacial score (nSPS) is 17.2. The van der Waals surface area contributed by atoms with Gasteiger partial charge in [0.15, 0.2) is 0 Å². The molecule has 1 fully saturated rings. The first kappa shape index (κ1) is 14.1. The number of thiocarbonyl (C=S) groups is 1. The van der Waals surface area contributed by atoms with Gasteiger partial charge in [-0.15, -0.1) is 0 Å². The molecule has 4 N–H and O–H groups in total. The molecular weight excluding hydrogens is 266 g/mol. The molecule has 0 bridgehead atoms. The zero-order chi connectivity index (χ0) is 13.1. The number of rotatable bonds is 6. The lowest BCUT2D eigenvalue weighted by Crippen LogP contribution is -2.50. The number of amides is 1. The van der Waals surface area contributed by atoms with Crippen LogP contribution in [0, 0.1) is 5.92 Å². The Bertz CT molecular complexity index is 405. The Kier molecular flexibility index (Phi) is 4.66. The zero-order valence-corrected chi connectivity index (χ0v) is 10.9. The highest BCUT2D eigenvalue weighted by Crippen LogP contribution is 2.32. The van der Waals surface area contributed by atoms with Crippen LogP contribution in [0.25, 0.3) is 0 Å². The van der Waals surface area contributed by atoms with E-state index in [2.05, 4.69) is 9.46 Å². The lowest BCUT2D eigenvalue weighted by molar-refractivity contribution is 0.158. The second-order valence-electron chi connectivity index (χ2n) is 3.66. The van der Waals surface area contributed by atoms with Crippen molar-refractivity contribution in [3.05, 3.63) is 0 Å². The van der Waals surface area contributed by atoms with Gasteiger partial charge in [0, 0.05) is 0 Å². The second-order valence-corrected chi connectivity index (χ2v) is 5.58. The van der Waals surface area contributed by atoms with E-state index in [1.165, 1.54) is 0 Å². The summed E-state index contributed by atoms with van der Waals surface area (Å²) in [5, 5.41) is 0. The van der Waals surface area contributed by atoms with E-state index in [1.807, 2.05) is 0 Å². The van der Waals surface area contributed by atoms with Crippen molar-refractivity contribution in [2.75, 3.05) is 6.61 Å². The van der Waals surface area contributed by atoms with E-state index in [-0.39, 0.29) is 17.5 Å². The van der Waals surface area contributed by atoms with E-state index in [9.17, 15) is 13.2 Å². The average Bonchev–Trinajstić information content (AvgIpc) is 2.96. The Morgan fingerprint density at radius 3 is 2.59 bits per heavy atom. The lowest BCUT2D eigenvalue weighted by atomic mass is 10.2. The van der Waals surface area contributed by atoms with Gasteiger partial charge in [-0.05, 0) is 25.7 Å². The molecule has 0 spiro atoms. The number of hydrogen-bond donors (Lipinski definition) is 3. The number of carbonyl (C=O) groups is 1. The standard InChI is InChI=1S/C8H15N3O4S2/c1-2-15-8(12)11-17(13,14)10-6(7(9)16)5-3-4-5/h5-6,10H,2-4H2,1H3,(H2,9,16)(H,11,12). The fraction of sp³-hybridized carbons (Fsp3) is 0.750. The Balaban J connectivity index is 2.58. The molecule has 0 saturated heterocycles. The third kappa shape index (κ3) is 4.84. The number of carbonyl (C=O) groups excluding carboxylic acids is 1. The predicted octanol–water partition coefficient (Wildman–Crippen LogP) is -0.368. The van der Waals surface area contributed by atoms with E-state index in [1.54, 1.807) is 11.6 Å². The number of hydrogen-bond acceptors (Lipinski definition) is 5. The van der Waals surface area contributed by atoms with Crippen LogP contribution < -0.4 is 15.2 Å². The highest BCUT2D eigenvalue weighted by atomic mass is 32.2. The van der Waals surface area contributed by atoms with Crippen molar-refractivity contribution in [2.24, 2.45) is 11.7 Å². The molecule has 0 aromatic carbocycles. The molecule has 17 heavy (non-hydrogen) atoms. The summed E-state index contributed by atoms with van der Waals surface area (Å²) in [6.45, 7) is 1.66.